The minimum atomic E-state index is -0.560. The Bertz CT molecular complexity index is 463. The van der Waals surface area contributed by atoms with Crippen molar-refractivity contribution in [3.8, 4) is 6.07 Å². The lowest BCUT2D eigenvalue weighted by molar-refractivity contribution is -0.140. The van der Waals surface area contributed by atoms with Crippen molar-refractivity contribution < 1.29 is 14.3 Å². The Balaban J connectivity index is 2.55. The van der Waals surface area contributed by atoms with E-state index >= 15 is 0 Å². The molecule has 0 amide bonds. The second-order valence-corrected chi connectivity index (χ2v) is 5.48. The van der Waals surface area contributed by atoms with Crippen LogP contribution in [0.25, 0.3) is 0 Å². The summed E-state index contributed by atoms with van der Waals surface area (Å²) in [5, 5.41) is 9.10. The number of ether oxygens (including phenoxy) is 2. The van der Waals surface area contributed by atoms with Crippen molar-refractivity contribution in [2.45, 2.75) is 39.5 Å². The zero-order chi connectivity index (χ0) is 16.4. The Hall–Kier alpha value is -1.96. The Kier molecular flexibility index (Phi) is 8.13. The first kappa shape index (κ1) is 18.1. The molecule has 5 heteroatoms. The van der Waals surface area contributed by atoms with Crippen molar-refractivity contribution >= 4 is 5.97 Å². The molecule has 5 nitrogen and oxygen atoms in total. The number of allylic oxidation sites excluding steroid dienone is 2. The quantitative estimate of drug-likeness (QED) is 0.392. The second-order valence-electron chi connectivity index (χ2n) is 5.48. The van der Waals surface area contributed by atoms with Crippen molar-refractivity contribution in [3.63, 3.8) is 0 Å². The van der Waals surface area contributed by atoms with Crippen LogP contribution in [0.4, 0.5) is 0 Å². The first-order valence-corrected chi connectivity index (χ1v) is 7.95. The van der Waals surface area contributed by atoms with Crippen molar-refractivity contribution in [3.05, 3.63) is 23.6 Å². The minimum absolute atomic E-state index is 0.00162. The van der Waals surface area contributed by atoms with Gasteiger partial charge in [-0.1, -0.05) is 33.1 Å². The van der Waals surface area contributed by atoms with E-state index < -0.39 is 5.97 Å². The van der Waals surface area contributed by atoms with E-state index in [9.17, 15) is 4.79 Å². The van der Waals surface area contributed by atoms with Crippen molar-refractivity contribution in [1.29, 1.82) is 5.26 Å². The average molecular weight is 306 g/mol. The van der Waals surface area contributed by atoms with Gasteiger partial charge in [0.1, 0.15) is 18.2 Å². The fourth-order valence-electron chi connectivity index (χ4n) is 2.16. The van der Waals surface area contributed by atoms with Crippen LogP contribution in [0.1, 0.15) is 39.5 Å². The molecule has 122 valence electrons. The molecule has 0 bridgehead atoms. The summed E-state index contributed by atoms with van der Waals surface area (Å²) in [6.07, 6.45) is 7.39. The van der Waals surface area contributed by atoms with E-state index in [0.717, 1.165) is 32.2 Å². The number of likely N-dealkylation sites (N-methyl/N-ethyl adjacent to an activating group) is 1. The predicted octanol–water partition coefficient (Wildman–Crippen LogP) is 3.00. The molecule has 1 atom stereocenters. The van der Waals surface area contributed by atoms with Gasteiger partial charge < -0.3 is 14.4 Å². The fourth-order valence-corrected chi connectivity index (χ4v) is 2.16. The Labute approximate surface area is 133 Å². The molecule has 0 radical (unpaired) electrons. The highest BCUT2D eigenvalue weighted by Crippen LogP contribution is 2.14. The van der Waals surface area contributed by atoms with E-state index in [1.165, 1.54) is 6.08 Å². The predicted molar refractivity (Wildman–Crippen MR) is 84.6 cm³/mol. The van der Waals surface area contributed by atoms with Gasteiger partial charge in [-0.15, -0.1) is 0 Å². The van der Waals surface area contributed by atoms with E-state index in [0.29, 0.717) is 25.0 Å². The lowest BCUT2D eigenvalue weighted by Crippen LogP contribution is -2.15. The standard InChI is InChI=1S/C17H26N2O3/c1-4-6-7-14(5-2)13-22-17(20)15(12-18)8-9-16-19(3)10-11-21-16/h8-9,14H,4-7,10-11,13H2,1-3H3/b15-8-,16-9-/t14-/m0/s1. The number of hydrogen-bond acceptors (Lipinski definition) is 5. The summed E-state index contributed by atoms with van der Waals surface area (Å²) >= 11 is 0. The fraction of sp³-hybridized carbons (Fsp3) is 0.647. The lowest BCUT2D eigenvalue weighted by Gasteiger charge is -2.14. The molecule has 0 aromatic carbocycles. The van der Waals surface area contributed by atoms with Crippen LogP contribution in [0.5, 0.6) is 0 Å². The van der Waals surface area contributed by atoms with E-state index in [2.05, 4.69) is 13.8 Å². The van der Waals surface area contributed by atoms with Crippen LogP contribution < -0.4 is 0 Å². The molecule has 0 aromatic heterocycles. The summed E-state index contributed by atoms with van der Waals surface area (Å²) in [6.45, 7) is 6.04. The molecule has 0 unspecified atom stereocenters. The van der Waals surface area contributed by atoms with Crippen LogP contribution in [0.2, 0.25) is 0 Å². The van der Waals surface area contributed by atoms with Gasteiger partial charge in [-0.2, -0.15) is 5.26 Å². The maximum atomic E-state index is 12.0. The van der Waals surface area contributed by atoms with Gasteiger partial charge in [-0.05, 0) is 24.5 Å². The smallest absolute Gasteiger partial charge is 0.348 e. The largest absolute Gasteiger partial charge is 0.477 e. The van der Waals surface area contributed by atoms with E-state index in [1.54, 1.807) is 6.08 Å². The number of unbranched alkanes of at least 4 members (excludes halogenated alkanes) is 1. The number of carbonyl (C=O) groups excluding carboxylic acids is 1. The van der Waals surface area contributed by atoms with Gasteiger partial charge in [0.2, 0.25) is 0 Å². The molecule has 1 aliphatic rings. The van der Waals surface area contributed by atoms with Crippen molar-refractivity contribution in [1.82, 2.24) is 4.90 Å². The zero-order valence-corrected chi connectivity index (χ0v) is 13.8. The summed E-state index contributed by atoms with van der Waals surface area (Å²) in [6, 6.07) is 1.89. The van der Waals surface area contributed by atoms with Gasteiger partial charge in [-0.25, -0.2) is 4.79 Å². The molecule has 0 spiro atoms. The molecule has 1 rings (SSSR count). The molecule has 22 heavy (non-hydrogen) atoms. The van der Waals surface area contributed by atoms with Crippen LogP contribution in [0.15, 0.2) is 23.6 Å². The molecule has 0 aromatic rings. The topological polar surface area (TPSA) is 62.6 Å². The number of rotatable bonds is 8. The highest BCUT2D eigenvalue weighted by molar-refractivity contribution is 5.93. The van der Waals surface area contributed by atoms with Crippen LogP contribution in [-0.2, 0) is 14.3 Å². The third-order valence-corrected chi connectivity index (χ3v) is 3.78. The lowest BCUT2D eigenvalue weighted by atomic mass is 10.0. The summed E-state index contributed by atoms with van der Waals surface area (Å²) in [5.41, 5.74) is 0.00162. The number of nitrogens with zero attached hydrogens (tertiary/aromatic N) is 2. The molecule has 0 aliphatic carbocycles. The van der Waals surface area contributed by atoms with Crippen molar-refractivity contribution in [2.24, 2.45) is 5.92 Å². The Morgan fingerprint density at radius 1 is 1.55 bits per heavy atom. The SMILES string of the molecule is CCCC[C@H](CC)COC(=O)/C(C#N)=C\C=C1/OCCN1C. The highest BCUT2D eigenvalue weighted by Gasteiger charge is 2.15. The van der Waals surface area contributed by atoms with Crippen LogP contribution >= 0.6 is 0 Å². The summed E-state index contributed by atoms with van der Waals surface area (Å²) in [5.74, 6) is 0.469. The second kappa shape index (κ2) is 9.88. The van der Waals surface area contributed by atoms with Gasteiger partial charge >= 0.3 is 5.97 Å². The van der Waals surface area contributed by atoms with Crippen LogP contribution in [-0.4, -0.2) is 37.7 Å². The minimum Gasteiger partial charge on any atom is -0.477 e. The summed E-state index contributed by atoms with van der Waals surface area (Å²) in [4.78, 5) is 13.9. The van der Waals surface area contributed by atoms with Gasteiger partial charge in [0.15, 0.2) is 5.88 Å². The summed E-state index contributed by atoms with van der Waals surface area (Å²) < 4.78 is 10.7. The molecular formula is C17H26N2O3. The first-order chi connectivity index (χ1) is 10.6. The van der Waals surface area contributed by atoms with Crippen LogP contribution in [0.3, 0.4) is 0 Å². The zero-order valence-electron chi connectivity index (χ0n) is 13.8. The number of carbonyl (C=O) groups is 1. The van der Waals surface area contributed by atoms with E-state index in [4.69, 9.17) is 14.7 Å². The van der Waals surface area contributed by atoms with Crippen LogP contribution in [0, 0.1) is 17.2 Å². The number of hydrogen-bond donors (Lipinski definition) is 0. The molecule has 1 fully saturated rings. The highest BCUT2D eigenvalue weighted by atomic mass is 16.5. The maximum absolute atomic E-state index is 12.0. The van der Waals surface area contributed by atoms with Gasteiger partial charge in [-0.3, -0.25) is 0 Å². The maximum Gasteiger partial charge on any atom is 0.348 e. The average Bonchev–Trinajstić information content (AvgIpc) is 2.93. The molecule has 1 saturated heterocycles. The first-order valence-electron chi connectivity index (χ1n) is 7.95. The Morgan fingerprint density at radius 2 is 2.32 bits per heavy atom. The van der Waals surface area contributed by atoms with Gasteiger partial charge in [0, 0.05) is 7.05 Å². The van der Waals surface area contributed by atoms with Gasteiger partial charge in [0.05, 0.1) is 13.2 Å². The molecule has 1 aliphatic heterocycles. The number of esters is 1. The number of nitriles is 1. The summed E-state index contributed by atoms with van der Waals surface area (Å²) in [7, 11) is 1.90. The van der Waals surface area contributed by atoms with Crippen molar-refractivity contribution in [2.75, 3.05) is 26.8 Å². The monoisotopic (exact) mass is 306 g/mol. The molecule has 1 heterocycles. The third kappa shape index (κ3) is 5.80. The normalized spacial score (nSPS) is 18.0. The Morgan fingerprint density at radius 3 is 2.86 bits per heavy atom. The third-order valence-electron chi connectivity index (χ3n) is 3.78. The van der Waals surface area contributed by atoms with E-state index in [1.807, 2.05) is 18.0 Å². The molecule has 0 saturated carbocycles. The molecular weight excluding hydrogens is 280 g/mol. The van der Waals surface area contributed by atoms with Gasteiger partial charge in [0.25, 0.3) is 0 Å². The molecule has 0 N–H and O–H groups in total. The van der Waals surface area contributed by atoms with E-state index in [-0.39, 0.29) is 5.57 Å².